The van der Waals surface area contributed by atoms with Gasteiger partial charge in [0.25, 0.3) is 0 Å². The number of anilines is 1. The molecule has 0 aliphatic carbocycles. The van der Waals surface area contributed by atoms with E-state index in [0.717, 1.165) is 10.6 Å². The van der Waals surface area contributed by atoms with Crippen LogP contribution >= 0.6 is 23.8 Å². The smallest absolute Gasteiger partial charge is 0.171 e. The fourth-order valence-electron chi connectivity index (χ4n) is 2.63. The molecular formula is C19H24ClFN3S+. The van der Waals surface area contributed by atoms with Gasteiger partial charge in [0.2, 0.25) is 0 Å². The molecule has 134 valence electrons. The van der Waals surface area contributed by atoms with Crippen molar-refractivity contribution in [1.29, 1.82) is 0 Å². The monoisotopic (exact) mass is 380 g/mol. The molecule has 0 spiro atoms. The van der Waals surface area contributed by atoms with Crippen molar-refractivity contribution in [2.24, 2.45) is 0 Å². The summed E-state index contributed by atoms with van der Waals surface area (Å²) in [6.45, 7) is 4.60. The summed E-state index contributed by atoms with van der Waals surface area (Å²) in [5.41, 5.74) is 3.86. The van der Waals surface area contributed by atoms with Gasteiger partial charge in [-0.15, -0.1) is 0 Å². The zero-order valence-electron chi connectivity index (χ0n) is 14.9. The Hall–Kier alpha value is -1.69. The molecule has 2 aromatic carbocycles. The maximum atomic E-state index is 14.2. The molecule has 2 rings (SSSR count). The average Bonchev–Trinajstić information content (AvgIpc) is 2.53. The minimum absolute atomic E-state index is 0.159. The summed E-state index contributed by atoms with van der Waals surface area (Å²) in [4.78, 5) is 1.06. The molecule has 25 heavy (non-hydrogen) atoms. The third kappa shape index (κ3) is 5.14. The van der Waals surface area contributed by atoms with E-state index in [1.165, 1.54) is 17.2 Å². The first-order valence-corrected chi connectivity index (χ1v) is 8.94. The van der Waals surface area contributed by atoms with Crippen molar-refractivity contribution in [2.45, 2.75) is 19.9 Å². The minimum Gasteiger partial charge on any atom is -0.356 e. The van der Waals surface area contributed by atoms with Crippen LogP contribution in [0.25, 0.3) is 0 Å². The van der Waals surface area contributed by atoms with Crippen LogP contribution in [0.2, 0.25) is 5.02 Å². The lowest BCUT2D eigenvalue weighted by molar-refractivity contribution is -0.890. The molecule has 6 heteroatoms. The van der Waals surface area contributed by atoms with E-state index in [1.807, 2.05) is 32.3 Å². The molecule has 3 nitrogen and oxygen atoms in total. The average molecular weight is 381 g/mol. The Morgan fingerprint density at radius 3 is 2.52 bits per heavy atom. The second-order valence-electron chi connectivity index (χ2n) is 6.40. The Bertz CT molecular complexity index is 744. The van der Waals surface area contributed by atoms with Gasteiger partial charge in [-0.05, 0) is 61.5 Å². The van der Waals surface area contributed by atoms with Crippen molar-refractivity contribution in [3.05, 3.63) is 63.9 Å². The first kappa shape index (κ1) is 19.6. The van der Waals surface area contributed by atoms with Crippen molar-refractivity contribution in [1.82, 2.24) is 5.32 Å². The zero-order chi connectivity index (χ0) is 18.6. The van der Waals surface area contributed by atoms with Crippen LogP contribution in [0.1, 0.15) is 22.7 Å². The Morgan fingerprint density at radius 2 is 1.92 bits per heavy atom. The van der Waals surface area contributed by atoms with Crippen molar-refractivity contribution >= 4 is 34.6 Å². The van der Waals surface area contributed by atoms with Gasteiger partial charge in [0.05, 0.1) is 31.2 Å². The molecule has 2 aromatic rings. The van der Waals surface area contributed by atoms with Gasteiger partial charge >= 0.3 is 0 Å². The van der Waals surface area contributed by atoms with Gasteiger partial charge in [0.1, 0.15) is 11.9 Å². The molecule has 0 saturated heterocycles. The molecule has 0 unspecified atom stereocenters. The van der Waals surface area contributed by atoms with E-state index in [4.69, 9.17) is 23.8 Å². The van der Waals surface area contributed by atoms with E-state index in [1.54, 1.807) is 12.1 Å². The number of thiocarbonyl (C=S) groups is 1. The van der Waals surface area contributed by atoms with Gasteiger partial charge in [-0.3, -0.25) is 0 Å². The molecule has 0 aromatic heterocycles. The molecule has 0 radical (unpaired) electrons. The van der Waals surface area contributed by atoms with Crippen molar-refractivity contribution in [3.8, 4) is 0 Å². The maximum absolute atomic E-state index is 14.2. The van der Waals surface area contributed by atoms with Gasteiger partial charge in [0.15, 0.2) is 5.11 Å². The second kappa shape index (κ2) is 8.61. The van der Waals surface area contributed by atoms with Gasteiger partial charge in [0, 0.05) is 5.69 Å². The topological polar surface area (TPSA) is 28.5 Å². The van der Waals surface area contributed by atoms with Crippen LogP contribution in [0.15, 0.2) is 36.4 Å². The predicted octanol–water partition coefficient (Wildman–Crippen LogP) is 3.27. The lowest BCUT2D eigenvalue weighted by Crippen LogP contribution is -3.07. The fourth-order valence-corrected chi connectivity index (χ4v) is 3.12. The number of quaternary nitrogens is 1. The number of rotatable bonds is 5. The van der Waals surface area contributed by atoms with Gasteiger partial charge in [-0.25, -0.2) is 4.39 Å². The molecule has 1 atom stereocenters. The minimum atomic E-state index is -0.298. The highest BCUT2D eigenvalue weighted by atomic mass is 35.5. The third-order valence-electron chi connectivity index (χ3n) is 4.28. The molecular weight excluding hydrogens is 357 g/mol. The van der Waals surface area contributed by atoms with Crippen molar-refractivity contribution in [2.75, 3.05) is 26.0 Å². The zero-order valence-corrected chi connectivity index (χ0v) is 16.5. The quantitative estimate of drug-likeness (QED) is 0.695. The standard InChI is InChI=1S/C19H23ClFN3S/c1-12-8-9-14(10-13(12)2)23-19(25)22-11-17(24(3)4)18-15(20)6-5-7-16(18)21/h5-10,17H,11H2,1-4H3,(H2,22,23,25)/p+1/t17-/m1/s1. The van der Waals surface area contributed by atoms with E-state index >= 15 is 0 Å². The van der Waals surface area contributed by atoms with Crippen molar-refractivity contribution < 1.29 is 9.29 Å². The molecule has 3 N–H and O–H groups in total. The van der Waals surface area contributed by atoms with Gasteiger partial charge in [-0.2, -0.15) is 0 Å². The lowest BCUT2D eigenvalue weighted by Gasteiger charge is -2.24. The first-order chi connectivity index (χ1) is 11.8. The van der Waals surface area contributed by atoms with Crippen LogP contribution in [0.3, 0.4) is 0 Å². The Kier molecular flexibility index (Phi) is 6.76. The van der Waals surface area contributed by atoms with E-state index in [9.17, 15) is 4.39 Å². The number of halogens is 2. The summed E-state index contributed by atoms with van der Waals surface area (Å²) >= 11 is 11.6. The highest BCUT2D eigenvalue weighted by Crippen LogP contribution is 2.24. The van der Waals surface area contributed by atoms with E-state index in [0.29, 0.717) is 22.2 Å². The van der Waals surface area contributed by atoms with Gasteiger partial charge in [-0.1, -0.05) is 23.7 Å². The molecule has 0 heterocycles. The number of hydrogen-bond donors (Lipinski definition) is 3. The van der Waals surface area contributed by atoms with Crippen LogP contribution in [0.5, 0.6) is 0 Å². The Labute approximate surface area is 159 Å². The van der Waals surface area contributed by atoms with Crippen molar-refractivity contribution in [3.63, 3.8) is 0 Å². The Balaban J connectivity index is 2.06. The summed E-state index contributed by atoms with van der Waals surface area (Å²) in [6.07, 6.45) is 0. The fraction of sp³-hybridized carbons (Fsp3) is 0.316. The molecule has 0 fully saturated rings. The number of hydrogen-bond acceptors (Lipinski definition) is 1. The third-order valence-corrected chi connectivity index (χ3v) is 4.85. The number of benzene rings is 2. The second-order valence-corrected chi connectivity index (χ2v) is 7.21. The van der Waals surface area contributed by atoms with Crippen LogP contribution < -0.4 is 15.5 Å². The highest BCUT2D eigenvalue weighted by molar-refractivity contribution is 7.80. The summed E-state index contributed by atoms with van der Waals surface area (Å²) < 4.78 is 14.2. The SMILES string of the molecule is Cc1ccc(NC(=S)NC[C@H](c2c(F)cccc2Cl)[NH+](C)C)cc1C. The first-order valence-electron chi connectivity index (χ1n) is 8.15. The van der Waals surface area contributed by atoms with E-state index in [2.05, 4.69) is 24.5 Å². The summed E-state index contributed by atoms with van der Waals surface area (Å²) in [5.74, 6) is -0.298. The van der Waals surface area contributed by atoms with Crippen LogP contribution in [-0.4, -0.2) is 25.8 Å². The molecule has 0 aliphatic heterocycles. The Morgan fingerprint density at radius 1 is 1.20 bits per heavy atom. The number of nitrogens with one attached hydrogen (secondary N) is 3. The van der Waals surface area contributed by atoms with E-state index in [-0.39, 0.29) is 11.9 Å². The molecule has 0 amide bonds. The molecule has 0 saturated carbocycles. The van der Waals surface area contributed by atoms with Gasteiger partial charge < -0.3 is 15.5 Å². The highest BCUT2D eigenvalue weighted by Gasteiger charge is 2.24. The normalized spacial score (nSPS) is 12.1. The summed E-state index contributed by atoms with van der Waals surface area (Å²) in [6, 6.07) is 10.7. The maximum Gasteiger partial charge on any atom is 0.171 e. The summed E-state index contributed by atoms with van der Waals surface area (Å²) in [7, 11) is 3.93. The van der Waals surface area contributed by atoms with Crippen LogP contribution in [0, 0.1) is 19.7 Å². The van der Waals surface area contributed by atoms with Crippen LogP contribution in [-0.2, 0) is 0 Å². The van der Waals surface area contributed by atoms with E-state index < -0.39 is 0 Å². The largest absolute Gasteiger partial charge is 0.356 e. The summed E-state index contributed by atoms with van der Waals surface area (Å²) in [5, 5.41) is 7.28. The predicted molar refractivity (Wildman–Crippen MR) is 107 cm³/mol. The number of aryl methyl sites for hydroxylation is 2. The number of likely N-dealkylation sites (N-methyl/N-ethyl adjacent to an activating group) is 1. The molecule has 0 bridgehead atoms. The lowest BCUT2D eigenvalue weighted by atomic mass is 10.1. The van der Waals surface area contributed by atoms with Crippen LogP contribution in [0.4, 0.5) is 10.1 Å². The molecule has 0 aliphatic rings.